The van der Waals surface area contributed by atoms with Gasteiger partial charge in [0.2, 0.25) is 11.5 Å². The van der Waals surface area contributed by atoms with Gasteiger partial charge in [0.1, 0.15) is 11.5 Å². The molecule has 0 bridgehead atoms. The molecule has 0 amide bonds. The quantitative estimate of drug-likeness (QED) is 0.702. The Morgan fingerprint density at radius 2 is 1.40 bits per heavy atom. The van der Waals surface area contributed by atoms with Gasteiger partial charge >= 0.3 is 0 Å². The highest BCUT2D eigenvalue weighted by Crippen LogP contribution is 2.47. The summed E-state index contributed by atoms with van der Waals surface area (Å²) in [5, 5.41) is 20.2. The first-order valence-corrected chi connectivity index (χ1v) is 7.35. The van der Waals surface area contributed by atoms with Crippen molar-refractivity contribution in [3.05, 3.63) is 39.9 Å². The average Bonchev–Trinajstić information content (AvgIpc) is 2.60. The fraction of sp³-hybridized carbons (Fsp3) is 0.222. The lowest BCUT2D eigenvalue weighted by Crippen LogP contribution is -2.23. The number of hydrogen-bond donors (Lipinski definition) is 2. The first-order chi connectivity index (χ1) is 11.9. The van der Waals surface area contributed by atoms with E-state index in [1.165, 1.54) is 27.4 Å². The largest absolute Gasteiger partial charge is 0.504 e. The fourth-order valence-electron chi connectivity index (χ4n) is 3.09. The van der Waals surface area contributed by atoms with Gasteiger partial charge in [-0.25, -0.2) is 0 Å². The van der Waals surface area contributed by atoms with Crippen LogP contribution in [-0.4, -0.2) is 43.1 Å². The summed E-state index contributed by atoms with van der Waals surface area (Å²) >= 11 is 0. The van der Waals surface area contributed by atoms with E-state index in [9.17, 15) is 19.8 Å². The van der Waals surface area contributed by atoms with Gasteiger partial charge in [-0.05, 0) is 24.6 Å². The summed E-state index contributed by atoms with van der Waals surface area (Å²) in [7, 11) is 4.05. The Kier molecular flexibility index (Phi) is 3.79. The Hall–Kier alpha value is -3.22. The summed E-state index contributed by atoms with van der Waals surface area (Å²) < 4.78 is 15.5. The van der Waals surface area contributed by atoms with Gasteiger partial charge in [0.15, 0.2) is 17.3 Å². The molecule has 7 heteroatoms. The monoisotopic (exact) mass is 344 g/mol. The van der Waals surface area contributed by atoms with E-state index in [1.54, 1.807) is 13.0 Å². The van der Waals surface area contributed by atoms with Crippen molar-refractivity contribution in [1.29, 1.82) is 0 Å². The Labute approximate surface area is 143 Å². The van der Waals surface area contributed by atoms with Crippen molar-refractivity contribution in [3.8, 4) is 28.7 Å². The van der Waals surface area contributed by atoms with Crippen molar-refractivity contribution in [2.24, 2.45) is 0 Å². The summed E-state index contributed by atoms with van der Waals surface area (Å²) in [5.74, 6) is -2.16. The number of ether oxygens (including phenoxy) is 3. The highest BCUT2D eigenvalue weighted by molar-refractivity contribution is 6.31. The highest BCUT2D eigenvalue weighted by atomic mass is 16.5. The maximum atomic E-state index is 13.0. The molecule has 1 aliphatic carbocycles. The smallest absolute Gasteiger partial charge is 0.202 e. The number of ketones is 2. The number of benzene rings is 2. The molecule has 7 nitrogen and oxygen atoms in total. The van der Waals surface area contributed by atoms with E-state index in [0.29, 0.717) is 5.56 Å². The SMILES string of the molecule is COc1cc2c(c(O)c1O)C(=O)c1c(OC)cc(C)c(OC)c1C2=O. The number of methoxy groups -OCH3 is 3. The number of aromatic hydroxyl groups is 2. The van der Waals surface area contributed by atoms with Crippen LogP contribution in [0, 0.1) is 6.92 Å². The molecule has 0 saturated heterocycles. The number of aryl methyl sites for hydroxylation is 1. The van der Waals surface area contributed by atoms with Crippen LogP contribution in [0.4, 0.5) is 0 Å². The second kappa shape index (κ2) is 5.70. The van der Waals surface area contributed by atoms with Crippen molar-refractivity contribution in [3.63, 3.8) is 0 Å². The molecule has 0 saturated carbocycles. The molecule has 3 rings (SSSR count). The topological polar surface area (TPSA) is 102 Å². The van der Waals surface area contributed by atoms with Crippen LogP contribution in [0.3, 0.4) is 0 Å². The third-order valence-corrected chi connectivity index (χ3v) is 4.24. The van der Waals surface area contributed by atoms with Gasteiger partial charge < -0.3 is 24.4 Å². The summed E-state index contributed by atoms with van der Waals surface area (Å²) in [6.07, 6.45) is 0. The summed E-state index contributed by atoms with van der Waals surface area (Å²) in [5.41, 5.74) is 0.305. The van der Waals surface area contributed by atoms with Crippen LogP contribution in [0.1, 0.15) is 37.4 Å². The van der Waals surface area contributed by atoms with Gasteiger partial charge in [0.25, 0.3) is 0 Å². The number of hydrogen-bond acceptors (Lipinski definition) is 7. The molecule has 0 unspecified atom stereocenters. The Morgan fingerprint density at radius 1 is 0.760 bits per heavy atom. The molecule has 25 heavy (non-hydrogen) atoms. The molecule has 0 fully saturated rings. The van der Waals surface area contributed by atoms with Crippen LogP contribution in [-0.2, 0) is 0 Å². The van der Waals surface area contributed by atoms with Crippen LogP contribution in [0.5, 0.6) is 28.7 Å². The molecule has 130 valence electrons. The molecule has 0 aromatic heterocycles. The maximum absolute atomic E-state index is 13.0. The molecule has 0 spiro atoms. The van der Waals surface area contributed by atoms with Crippen molar-refractivity contribution < 1.29 is 34.0 Å². The Morgan fingerprint density at radius 3 is 1.96 bits per heavy atom. The number of carbonyl (C=O) groups is 2. The van der Waals surface area contributed by atoms with Gasteiger partial charge in [-0.2, -0.15) is 0 Å². The second-order valence-corrected chi connectivity index (χ2v) is 5.54. The van der Waals surface area contributed by atoms with Crippen molar-refractivity contribution >= 4 is 11.6 Å². The van der Waals surface area contributed by atoms with Crippen LogP contribution in [0.2, 0.25) is 0 Å². The number of rotatable bonds is 3. The van der Waals surface area contributed by atoms with E-state index in [1.807, 2.05) is 0 Å². The van der Waals surface area contributed by atoms with Crippen LogP contribution in [0.15, 0.2) is 12.1 Å². The molecule has 0 atom stereocenters. The fourth-order valence-corrected chi connectivity index (χ4v) is 3.09. The van der Waals surface area contributed by atoms with Gasteiger partial charge in [0, 0.05) is 5.56 Å². The molecular weight excluding hydrogens is 328 g/mol. The zero-order valence-electron chi connectivity index (χ0n) is 14.1. The second-order valence-electron chi connectivity index (χ2n) is 5.54. The van der Waals surface area contributed by atoms with E-state index in [0.717, 1.165) is 0 Å². The summed E-state index contributed by atoms with van der Waals surface area (Å²) in [6.45, 7) is 1.73. The van der Waals surface area contributed by atoms with E-state index < -0.39 is 23.1 Å². The molecule has 1 aliphatic rings. The number of carbonyl (C=O) groups excluding carboxylic acids is 2. The van der Waals surface area contributed by atoms with E-state index in [4.69, 9.17) is 14.2 Å². The number of phenols is 2. The molecule has 0 radical (unpaired) electrons. The van der Waals surface area contributed by atoms with Crippen LogP contribution >= 0.6 is 0 Å². The molecule has 0 heterocycles. The minimum atomic E-state index is -0.708. The molecule has 2 aromatic carbocycles. The predicted octanol–water partition coefficient (Wildman–Crippen LogP) is 2.21. The Bertz CT molecular complexity index is 928. The summed E-state index contributed by atoms with van der Waals surface area (Å²) in [6, 6.07) is 2.80. The van der Waals surface area contributed by atoms with Gasteiger partial charge in [-0.15, -0.1) is 0 Å². The third-order valence-electron chi connectivity index (χ3n) is 4.24. The lowest BCUT2D eigenvalue weighted by Gasteiger charge is -2.24. The molecule has 0 aliphatic heterocycles. The van der Waals surface area contributed by atoms with Gasteiger partial charge in [0.05, 0.1) is 38.0 Å². The van der Waals surface area contributed by atoms with Crippen LogP contribution < -0.4 is 14.2 Å². The van der Waals surface area contributed by atoms with Crippen molar-refractivity contribution in [2.45, 2.75) is 6.92 Å². The van der Waals surface area contributed by atoms with Crippen LogP contribution in [0.25, 0.3) is 0 Å². The van der Waals surface area contributed by atoms with E-state index >= 15 is 0 Å². The average molecular weight is 344 g/mol. The van der Waals surface area contributed by atoms with Crippen molar-refractivity contribution in [1.82, 2.24) is 0 Å². The predicted molar refractivity (Wildman–Crippen MR) is 87.5 cm³/mol. The molecule has 2 aromatic rings. The number of phenolic OH excluding ortho intramolecular Hbond substituents is 2. The first kappa shape index (κ1) is 16.6. The van der Waals surface area contributed by atoms with Crippen molar-refractivity contribution in [2.75, 3.05) is 21.3 Å². The lowest BCUT2D eigenvalue weighted by molar-refractivity contribution is 0.0970. The first-order valence-electron chi connectivity index (χ1n) is 7.35. The summed E-state index contributed by atoms with van der Waals surface area (Å²) in [4.78, 5) is 26.0. The molecular formula is C18H16O7. The normalized spacial score (nSPS) is 12.5. The standard InChI is InChI=1S/C18H16O7/c1-7-5-9(23-2)12-13(18(7)25-4)14(19)8-6-10(24-3)15(20)17(22)11(8)16(12)21/h5-6,20,22H,1-4H3. The zero-order chi connectivity index (χ0) is 18.5. The van der Waals surface area contributed by atoms with E-state index in [2.05, 4.69) is 0 Å². The van der Waals surface area contributed by atoms with Gasteiger partial charge in [-0.1, -0.05) is 0 Å². The maximum Gasteiger partial charge on any atom is 0.202 e. The minimum absolute atomic E-state index is 0.0117. The van der Waals surface area contributed by atoms with Gasteiger partial charge in [-0.3, -0.25) is 9.59 Å². The zero-order valence-corrected chi connectivity index (χ0v) is 14.1. The third kappa shape index (κ3) is 2.12. The number of fused-ring (bicyclic) bond motifs is 2. The Balaban J connectivity index is 2.44. The highest BCUT2D eigenvalue weighted by Gasteiger charge is 2.39. The van der Waals surface area contributed by atoms with E-state index in [-0.39, 0.29) is 39.5 Å². The minimum Gasteiger partial charge on any atom is -0.504 e. The lowest BCUT2D eigenvalue weighted by atomic mass is 9.81. The molecule has 2 N–H and O–H groups in total.